The number of halogens is 1. The number of rotatable bonds is 13. The van der Waals surface area contributed by atoms with E-state index in [-0.39, 0.29) is 25.0 Å². The van der Waals surface area contributed by atoms with Gasteiger partial charge in [0.2, 0.25) is 5.91 Å². The van der Waals surface area contributed by atoms with Gasteiger partial charge >= 0.3 is 0 Å². The second-order valence-corrected chi connectivity index (χ2v) is 9.40. The van der Waals surface area contributed by atoms with Crippen molar-refractivity contribution in [3.8, 4) is 17.2 Å². The maximum Gasteiger partial charge on any atom is 0.261 e. The maximum atomic E-state index is 13.7. The molecule has 196 valence electrons. The fourth-order valence-corrected chi connectivity index (χ4v) is 4.06. The summed E-state index contributed by atoms with van der Waals surface area (Å²) in [4.78, 5) is 28.6. The first-order valence-electron chi connectivity index (χ1n) is 12.1. The van der Waals surface area contributed by atoms with Crippen molar-refractivity contribution in [2.24, 2.45) is 0 Å². The van der Waals surface area contributed by atoms with Crippen LogP contribution in [-0.4, -0.2) is 50.1 Å². The molecule has 0 saturated carbocycles. The van der Waals surface area contributed by atoms with Gasteiger partial charge in [-0.3, -0.25) is 9.59 Å². The summed E-state index contributed by atoms with van der Waals surface area (Å²) in [6, 6.07) is 21.8. The molecule has 0 aliphatic rings. The van der Waals surface area contributed by atoms with Crippen LogP contribution >= 0.6 is 15.9 Å². The number of carbonyl (C=O) groups is 2. The predicted molar refractivity (Wildman–Crippen MR) is 147 cm³/mol. The number of hydrogen-bond donors (Lipinski definition) is 1. The highest BCUT2D eigenvalue weighted by Gasteiger charge is 2.30. The van der Waals surface area contributed by atoms with Gasteiger partial charge in [-0.2, -0.15) is 0 Å². The molecule has 0 aliphatic carbocycles. The van der Waals surface area contributed by atoms with E-state index in [0.717, 1.165) is 22.0 Å². The molecule has 37 heavy (non-hydrogen) atoms. The Morgan fingerprint density at radius 2 is 1.51 bits per heavy atom. The number of ether oxygens (including phenoxy) is 3. The quantitative estimate of drug-likeness (QED) is 0.313. The number of benzene rings is 3. The van der Waals surface area contributed by atoms with Crippen LogP contribution in [0.4, 0.5) is 0 Å². The zero-order valence-corrected chi connectivity index (χ0v) is 23.0. The molecule has 0 fully saturated rings. The average Bonchev–Trinajstić information content (AvgIpc) is 2.93. The number of nitrogens with one attached hydrogen (secondary N) is 1. The molecule has 0 aromatic heterocycles. The van der Waals surface area contributed by atoms with Crippen LogP contribution in [0.25, 0.3) is 0 Å². The van der Waals surface area contributed by atoms with Crippen molar-refractivity contribution < 1.29 is 23.8 Å². The van der Waals surface area contributed by atoms with Crippen molar-refractivity contribution in [2.45, 2.75) is 32.4 Å². The molecule has 0 bridgehead atoms. The number of amides is 2. The number of hydrogen-bond acceptors (Lipinski definition) is 5. The summed E-state index contributed by atoms with van der Waals surface area (Å²) in [5.41, 5.74) is 1.87. The van der Waals surface area contributed by atoms with Gasteiger partial charge in [0.05, 0.1) is 14.2 Å². The third-order valence-electron chi connectivity index (χ3n) is 5.77. The van der Waals surface area contributed by atoms with E-state index in [1.807, 2.05) is 61.5 Å². The normalized spacial score (nSPS) is 11.4. The molecule has 0 unspecified atom stereocenters. The van der Waals surface area contributed by atoms with Crippen LogP contribution in [0.1, 0.15) is 24.5 Å². The summed E-state index contributed by atoms with van der Waals surface area (Å²) in [7, 11) is 3.10. The topological polar surface area (TPSA) is 77.1 Å². The van der Waals surface area contributed by atoms with Crippen LogP contribution < -0.4 is 19.5 Å². The Labute approximate surface area is 226 Å². The van der Waals surface area contributed by atoms with E-state index in [0.29, 0.717) is 30.2 Å². The lowest BCUT2D eigenvalue weighted by molar-refractivity contribution is -0.142. The molecule has 3 rings (SSSR count). The average molecular weight is 569 g/mol. The first-order chi connectivity index (χ1) is 17.9. The summed E-state index contributed by atoms with van der Waals surface area (Å²) < 4.78 is 17.4. The van der Waals surface area contributed by atoms with Crippen LogP contribution in [0.3, 0.4) is 0 Å². The van der Waals surface area contributed by atoms with E-state index < -0.39 is 6.04 Å². The van der Waals surface area contributed by atoms with Gasteiger partial charge in [0.25, 0.3) is 5.91 Å². The summed E-state index contributed by atoms with van der Waals surface area (Å²) >= 11 is 3.45. The third kappa shape index (κ3) is 8.53. The van der Waals surface area contributed by atoms with Crippen molar-refractivity contribution in [3.63, 3.8) is 0 Å². The highest BCUT2D eigenvalue weighted by molar-refractivity contribution is 9.10. The smallest absolute Gasteiger partial charge is 0.261 e. The van der Waals surface area contributed by atoms with E-state index in [1.165, 1.54) is 0 Å². The van der Waals surface area contributed by atoms with E-state index in [1.54, 1.807) is 37.3 Å². The lowest BCUT2D eigenvalue weighted by atomic mass is 10.0. The second-order valence-electron chi connectivity index (χ2n) is 8.48. The number of methoxy groups -OCH3 is 2. The number of nitrogens with zero attached hydrogens (tertiary/aromatic N) is 1. The van der Waals surface area contributed by atoms with Gasteiger partial charge < -0.3 is 24.4 Å². The van der Waals surface area contributed by atoms with Gasteiger partial charge in [-0.25, -0.2) is 0 Å². The van der Waals surface area contributed by atoms with Crippen molar-refractivity contribution in [1.82, 2.24) is 10.2 Å². The molecule has 2 amide bonds. The predicted octanol–water partition coefficient (Wildman–Crippen LogP) is 5.01. The summed E-state index contributed by atoms with van der Waals surface area (Å²) in [6.45, 7) is 2.53. The summed E-state index contributed by atoms with van der Waals surface area (Å²) in [5.74, 6) is 1.03. The maximum absolute atomic E-state index is 13.7. The van der Waals surface area contributed by atoms with E-state index >= 15 is 0 Å². The zero-order chi connectivity index (χ0) is 26.6. The molecule has 0 heterocycles. The van der Waals surface area contributed by atoms with Crippen molar-refractivity contribution in [2.75, 3.05) is 27.4 Å². The lowest BCUT2D eigenvalue weighted by Gasteiger charge is -2.31. The monoisotopic (exact) mass is 568 g/mol. The molecule has 3 aromatic rings. The molecule has 0 saturated heterocycles. The summed E-state index contributed by atoms with van der Waals surface area (Å²) in [5, 5.41) is 2.97. The molecule has 8 heteroatoms. The molecule has 0 aliphatic heterocycles. The Kier molecular flexibility index (Phi) is 10.8. The Morgan fingerprint density at radius 1 is 0.892 bits per heavy atom. The van der Waals surface area contributed by atoms with Crippen LogP contribution in [0.5, 0.6) is 17.2 Å². The van der Waals surface area contributed by atoms with Crippen molar-refractivity contribution >= 4 is 27.7 Å². The van der Waals surface area contributed by atoms with Gasteiger partial charge in [0, 0.05) is 42.2 Å². The Morgan fingerprint density at radius 3 is 2.11 bits per heavy atom. The fraction of sp³-hybridized carbons (Fsp3) is 0.310. The molecule has 0 radical (unpaired) electrons. The molecule has 7 nitrogen and oxygen atoms in total. The minimum absolute atomic E-state index is 0.195. The van der Waals surface area contributed by atoms with E-state index in [2.05, 4.69) is 21.2 Å². The Balaban J connectivity index is 1.90. The standard InChI is InChI=1S/C29H33BrN2O5/c1-4-14-31-29(34)27(15-21-8-6-5-7-9-21)32(19-22-10-12-23(30)13-11-22)28(33)20-37-26-17-24(35-2)16-25(18-26)36-3/h5-13,16-18,27H,4,14-15,19-20H2,1-3H3,(H,31,34)/t27-/m1/s1. The second kappa shape index (κ2) is 14.3. The molecular formula is C29H33BrN2O5. The molecule has 1 atom stereocenters. The SMILES string of the molecule is CCCNC(=O)[C@@H](Cc1ccccc1)N(Cc1ccc(Br)cc1)C(=O)COc1cc(OC)cc(OC)c1. The van der Waals surface area contributed by atoms with Gasteiger partial charge in [-0.05, 0) is 29.7 Å². The van der Waals surface area contributed by atoms with E-state index in [9.17, 15) is 9.59 Å². The van der Waals surface area contributed by atoms with Crippen molar-refractivity contribution in [1.29, 1.82) is 0 Å². The fourth-order valence-electron chi connectivity index (χ4n) is 3.80. The Bertz CT molecular complexity index is 1130. The van der Waals surface area contributed by atoms with Crippen molar-refractivity contribution in [3.05, 3.63) is 88.4 Å². The number of carbonyl (C=O) groups excluding carboxylic acids is 2. The van der Waals surface area contributed by atoms with Gasteiger partial charge in [0.1, 0.15) is 23.3 Å². The highest BCUT2D eigenvalue weighted by Crippen LogP contribution is 2.27. The minimum atomic E-state index is -0.714. The first kappa shape index (κ1) is 28.1. The molecule has 3 aromatic carbocycles. The minimum Gasteiger partial charge on any atom is -0.496 e. The summed E-state index contributed by atoms with van der Waals surface area (Å²) in [6.07, 6.45) is 1.18. The van der Waals surface area contributed by atoms with E-state index in [4.69, 9.17) is 14.2 Å². The largest absolute Gasteiger partial charge is 0.496 e. The molecule has 0 spiro atoms. The van der Waals surface area contributed by atoms with Crippen LogP contribution in [0.15, 0.2) is 77.3 Å². The van der Waals surface area contributed by atoms with Gasteiger partial charge in [-0.1, -0.05) is 65.3 Å². The van der Waals surface area contributed by atoms with Gasteiger partial charge in [-0.15, -0.1) is 0 Å². The van der Waals surface area contributed by atoms with Crippen LogP contribution in [0.2, 0.25) is 0 Å². The van der Waals surface area contributed by atoms with Crippen LogP contribution in [0, 0.1) is 0 Å². The Hall–Kier alpha value is -3.52. The molecular weight excluding hydrogens is 536 g/mol. The zero-order valence-electron chi connectivity index (χ0n) is 21.4. The first-order valence-corrected chi connectivity index (χ1v) is 12.9. The van der Waals surface area contributed by atoms with Crippen LogP contribution in [-0.2, 0) is 22.6 Å². The highest BCUT2D eigenvalue weighted by atomic mass is 79.9. The van der Waals surface area contributed by atoms with Gasteiger partial charge in [0.15, 0.2) is 6.61 Å². The third-order valence-corrected chi connectivity index (χ3v) is 6.30. The molecule has 1 N–H and O–H groups in total. The lowest BCUT2D eigenvalue weighted by Crippen LogP contribution is -2.51.